The smallest absolute Gasteiger partial charge is 0.410 e. The molecular weight excluding hydrogens is 340 g/mol. The van der Waals surface area contributed by atoms with Crippen molar-refractivity contribution in [2.75, 3.05) is 13.2 Å². The Morgan fingerprint density at radius 1 is 1.31 bits per heavy atom. The highest BCUT2D eigenvalue weighted by Gasteiger charge is 2.47. The van der Waals surface area contributed by atoms with E-state index in [2.05, 4.69) is 0 Å². The molecule has 3 rings (SSSR count). The number of amides is 2. The van der Waals surface area contributed by atoms with E-state index in [9.17, 15) is 14.4 Å². The predicted octanol–water partition coefficient (Wildman–Crippen LogP) is 1.45. The predicted molar refractivity (Wildman–Crippen MR) is 90.0 cm³/mol. The first-order chi connectivity index (χ1) is 12.5. The van der Waals surface area contributed by atoms with Gasteiger partial charge in [0, 0.05) is 6.42 Å². The number of carbonyl (C=O) groups excluding carboxylic acids is 2. The Labute approximate surface area is 151 Å². The Hall–Kier alpha value is -2.61. The molecule has 0 radical (unpaired) electrons. The molecule has 140 valence electrons. The Morgan fingerprint density at radius 3 is 2.73 bits per heavy atom. The lowest BCUT2D eigenvalue weighted by molar-refractivity contribution is -0.152. The summed E-state index contributed by atoms with van der Waals surface area (Å²) < 4.78 is 11.0. The molecule has 2 heterocycles. The fourth-order valence-corrected chi connectivity index (χ4v) is 3.30. The maximum atomic E-state index is 12.7. The van der Waals surface area contributed by atoms with E-state index in [4.69, 9.17) is 14.6 Å². The van der Waals surface area contributed by atoms with Crippen LogP contribution in [0.4, 0.5) is 4.79 Å². The molecule has 26 heavy (non-hydrogen) atoms. The average molecular weight is 362 g/mol. The van der Waals surface area contributed by atoms with Gasteiger partial charge in [0.25, 0.3) is 0 Å². The van der Waals surface area contributed by atoms with Crippen LogP contribution in [0.15, 0.2) is 30.3 Å². The third-order valence-corrected chi connectivity index (χ3v) is 4.75. The van der Waals surface area contributed by atoms with Crippen LogP contribution in [0.3, 0.4) is 0 Å². The van der Waals surface area contributed by atoms with Gasteiger partial charge in [-0.25, -0.2) is 4.79 Å². The van der Waals surface area contributed by atoms with Crippen LogP contribution in [-0.2, 0) is 25.7 Å². The van der Waals surface area contributed by atoms with Gasteiger partial charge in [-0.2, -0.15) is 0 Å². The number of hydrogen-bond acceptors (Lipinski definition) is 5. The summed E-state index contributed by atoms with van der Waals surface area (Å²) in [5, 5.41) is 8.84. The zero-order chi connectivity index (χ0) is 18.7. The normalized spacial score (nSPS) is 25.1. The number of carboxylic acids is 1. The van der Waals surface area contributed by atoms with Crippen molar-refractivity contribution in [3.63, 3.8) is 0 Å². The lowest BCUT2D eigenvalue weighted by Crippen LogP contribution is -2.62. The van der Waals surface area contributed by atoms with Crippen molar-refractivity contribution in [1.82, 2.24) is 9.80 Å². The minimum atomic E-state index is -0.905. The van der Waals surface area contributed by atoms with E-state index in [0.29, 0.717) is 6.42 Å². The first kappa shape index (κ1) is 18.2. The highest BCUT2D eigenvalue weighted by molar-refractivity contribution is 5.87. The van der Waals surface area contributed by atoms with Gasteiger partial charge >= 0.3 is 12.1 Å². The van der Waals surface area contributed by atoms with Crippen LogP contribution in [0.5, 0.6) is 0 Å². The minimum Gasteiger partial charge on any atom is -0.481 e. The summed E-state index contributed by atoms with van der Waals surface area (Å²) >= 11 is 0. The number of aliphatic carboxylic acids is 1. The highest BCUT2D eigenvalue weighted by atomic mass is 16.6. The molecule has 2 saturated heterocycles. The van der Waals surface area contributed by atoms with Crippen molar-refractivity contribution in [2.45, 2.75) is 44.7 Å². The van der Waals surface area contributed by atoms with Gasteiger partial charge in [-0.1, -0.05) is 30.3 Å². The molecule has 2 amide bonds. The maximum absolute atomic E-state index is 12.7. The zero-order valence-electron chi connectivity index (χ0n) is 14.5. The Morgan fingerprint density at radius 2 is 2.04 bits per heavy atom. The zero-order valence-corrected chi connectivity index (χ0v) is 14.5. The van der Waals surface area contributed by atoms with E-state index >= 15 is 0 Å². The fourth-order valence-electron chi connectivity index (χ4n) is 3.30. The average Bonchev–Trinajstić information content (AvgIpc) is 3.05. The van der Waals surface area contributed by atoms with E-state index in [1.54, 1.807) is 11.8 Å². The van der Waals surface area contributed by atoms with E-state index in [1.165, 1.54) is 4.90 Å². The van der Waals surface area contributed by atoms with Crippen LogP contribution in [0.25, 0.3) is 0 Å². The minimum absolute atomic E-state index is 0.0261. The van der Waals surface area contributed by atoms with Gasteiger partial charge in [0.1, 0.15) is 12.6 Å². The lowest BCUT2D eigenvalue weighted by atomic mass is 10.1. The van der Waals surface area contributed by atoms with Crippen molar-refractivity contribution in [3.8, 4) is 0 Å². The molecular formula is C18H22N2O6. The number of fused-ring (bicyclic) bond motifs is 1. The van der Waals surface area contributed by atoms with Crippen LogP contribution >= 0.6 is 0 Å². The molecule has 1 N–H and O–H groups in total. The summed E-state index contributed by atoms with van der Waals surface area (Å²) in [6.07, 6.45) is -0.807. The first-order valence-electron chi connectivity index (χ1n) is 8.60. The monoisotopic (exact) mass is 362 g/mol. The number of benzene rings is 1. The van der Waals surface area contributed by atoms with E-state index in [0.717, 1.165) is 5.56 Å². The van der Waals surface area contributed by atoms with Crippen molar-refractivity contribution >= 4 is 18.0 Å². The third kappa shape index (κ3) is 3.80. The molecule has 2 aliphatic heterocycles. The summed E-state index contributed by atoms with van der Waals surface area (Å²) in [6, 6.07) is 8.36. The lowest BCUT2D eigenvalue weighted by Gasteiger charge is -2.41. The fraction of sp³-hybridized carbons (Fsp3) is 0.500. The van der Waals surface area contributed by atoms with Gasteiger partial charge in [0.05, 0.1) is 19.2 Å². The molecule has 1 aromatic rings. The molecule has 0 spiro atoms. The molecule has 0 saturated carbocycles. The highest BCUT2D eigenvalue weighted by Crippen LogP contribution is 2.28. The molecule has 8 nitrogen and oxygen atoms in total. The summed E-state index contributed by atoms with van der Waals surface area (Å²) in [5.41, 5.74) is 0.865. The molecule has 0 aromatic heterocycles. The van der Waals surface area contributed by atoms with Gasteiger partial charge in [0.15, 0.2) is 6.23 Å². The van der Waals surface area contributed by atoms with Crippen LogP contribution in [0, 0.1) is 0 Å². The number of piperazine rings is 1. The van der Waals surface area contributed by atoms with E-state index in [-0.39, 0.29) is 38.1 Å². The Balaban J connectivity index is 1.61. The molecule has 2 fully saturated rings. The maximum Gasteiger partial charge on any atom is 0.410 e. The molecule has 0 aliphatic carbocycles. The summed E-state index contributed by atoms with van der Waals surface area (Å²) in [7, 11) is 0. The Kier molecular flexibility index (Phi) is 5.41. The van der Waals surface area contributed by atoms with Gasteiger partial charge < -0.3 is 19.5 Å². The second-order valence-corrected chi connectivity index (χ2v) is 6.49. The van der Waals surface area contributed by atoms with Gasteiger partial charge in [0.2, 0.25) is 5.91 Å². The summed E-state index contributed by atoms with van der Waals surface area (Å²) in [4.78, 5) is 38.8. The molecule has 0 bridgehead atoms. The van der Waals surface area contributed by atoms with Crippen LogP contribution < -0.4 is 0 Å². The SMILES string of the molecule is C[C@H]1C(=O)N2C(CN1C(=O)OCc1ccccc1)OC[C@@H]2CCC(=O)O. The number of carbonyl (C=O) groups is 3. The molecule has 1 unspecified atom stereocenters. The van der Waals surface area contributed by atoms with Crippen molar-refractivity contribution < 1.29 is 29.0 Å². The van der Waals surface area contributed by atoms with Gasteiger partial charge in [-0.05, 0) is 18.9 Å². The number of hydrogen-bond donors (Lipinski definition) is 1. The largest absolute Gasteiger partial charge is 0.481 e. The van der Waals surface area contributed by atoms with Crippen LogP contribution in [0.2, 0.25) is 0 Å². The topological polar surface area (TPSA) is 96.4 Å². The van der Waals surface area contributed by atoms with Crippen molar-refractivity contribution in [1.29, 1.82) is 0 Å². The summed E-state index contributed by atoms with van der Waals surface area (Å²) in [6.45, 7) is 2.27. The molecule has 3 atom stereocenters. The molecule has 2 aliphatic rings. The van der Waals surface area contributed by atoms with E-state index < -0.39 is 24.3 Å². The van der Waals surface area contributed by atoms with E-state index in [1.807, 2.05) is 30.3 Å². The second-order valence-electron chi connectivity index (χ2n) is 6.49. The number of rotatable bonds is 5. The number of ether oxygens (including phenoxy) is 2. The van der Waals surface area contributed by atoms with Crippen LogP contribution in [-0.4, -0.2) is 64.3 Å². The molecule has 8 heteroatoms. The quantitative estimate of drug-likeness (QED) is 0.852. The van der Waals surface area contributed by atoms with Gasteiger partial charge in [-0.15, -0.1) is 0 Å². The number of carboxylic acid groups (broad SMARTS) is 1. The summed E-state index contributed by atoms with van der Waals surface area (Å²) in [5.74, 6) is -1.15. The van der Waals surface area contributed by atoms with Crippen molar-refractivity contribution in [3.05, 3.63) is 35.9 Å². The van der Waals surface area contributed by atoms with Crippen molar-refractivity contribution in [2.24, 2.45) is 0 Å². The Bertz CT molecular complexity index is 680. The van der Waals surface area contributed by atoms with Gasteiger partial charge in [-0.3, -0.25) is 14.5 Å². The number of nitrogens with zero attached hydrogens (tertiary/aromatic N) is 2. The van der Waals surface area contributed by atoms with Crippen LogP contribution in [0.1, 0.15) is 25.3 Å². The first-order valence-corrected chi connectivity index (χ1v) is 8.60. The molecule has 1 aromatic carbocycles. The standard InChI is InChI=1S/C18H22N2O6/c1-12-17(23)20-14(7-8-16(21)22)11-25-15(20)9-19(12)18(24)26-10-13-5-3-2-4-6-13/h2-6,12,14-15H,7-11H2,1H3,(H,21,22)/t12-,14-,15?/m0/s1. The second kappa shape index (κ2) is 7.74. The third-order valence-electron chi connectivity index (χ3n) is 4.75.